The van der Waals surface area contributed by atoms with E-state index in [1.807, 2.05) is 20.8 Å². The van der Waals surface area contributed by atoms with E-state index in [4.69, 9.17) is 9.47 Å². The van der Waals surface area contributed by atoms with Gasteiger partial charge in [-0.15, -0.1) is 11.3 Å². The van der Waals surface area contributed by atoms with Crippen molar-refractivity contribution in [1.82, 2.24) is 4.98 Å². The molecule has 0 aliphatic rings. The molecule has 1 aromatic heterocycles. The quantitative estimate of drug-likeness (QED) is 0.191. The summed E-state index contributed by atoms with van der Waals surface area (Å²) in [6, 6.07) is 10.0. The molecule has 38 heavy (non-hydrogen) atoms. The lowest BCUT2D eigenvalue weighted by molar-refractivity contribution is -0.158. The highest BCUT2D eigenvalue weighted by Gasteiger charge is 2.32. The molecule has 0 spiro atoms. The Balaban J connectivity index is 1.74. The number of hydrogen-bond donors (Lipinski definition) is 0. The predicted molar refractivity (Wildman–Crippen MR) is 142 cm³/mol. The second-order valence-electron chi connectivity index (χ2n) is 9.79. The predicted octanol–water partition coefficient (Wildman–Crippen LogP) is 7.80. The van der Waals surface area contributed by atoms with Gasteiger partial charge in [0, 0.05) is 22.4 Å². The van der Waals surface area contributed by atoms with Gasteiger partial charge in [-0.2, -0.15) is 13.2 Å². The molecule has 0 radical (unpaired) electrons. The minimum absolute atomic E-state index is 0.0436. The van der Waals surface area contributed by atoms with E-state index < -0.39 is 23.3 Å². The maximum absolute atomic E-state index is 13.1. The van der Waals surface area contributed by atoms with Crippen molar-refractivity contribution in [2.75, 3.05) is 6.61 Å². The number of alkyl halides is 3. The standard InChI is InChI=1S/C29H32F3NO4S/c1-7-36-27(35)28(5,6)37-21-12-13-22(18(4)16-21)23(34)14-15-24-25(17(2)3)33-26(38-24)19-8-10-20(11-9-19)29(30,31)32/h8-13,16-17H,7,14-15H2,1-6H3. The van der Waals surface area contributed by atoms with E-state index in [2.05, 4.69) is 4.98 Å². The smallest absolute Gasteiger partial charge is 0.416 e. The van der Waals surface area contributed by atoms with Crippen LogP contribution in [0.2, 0.25) is 0 Å². The van der Waals surface area contributed by atoms with E-state index in [-0.39, 0.29) is 24.7 Å². The molecule has 0 saturated carbocycles. The van der Waals surface area contributed by atoms with Gasteiger partial charge in [0.15, 0.2) is 11.4 Å². The summed E-state index contributed by atoms with van der Waals surface area (Å²) in [7, 11) is 0. The molecule has 2 aromatic carbocycles. The van der Waals surface area contributed by atoms with Gasteiger partial charge in [-0.05, 0) is 75.9 Å². The first kappa shape index (κ1) is 29.4. The van der Waals surface area contributed by atoms with E-state index in [1.54, 1.807) is 39.0 Å². The highest BCUT2D eigenvalue weighted by Crippen LogP contribution is 2.35. The molecular weight excluding hydrogens is 515 g/mol. The molecule has 3 rings (SSSR count). The van der Waals surface area contributed by atoms with Gasteiger partial charge in [-0.25, -0.2) is 9.78 Å². The third kappa shape index (κ3) is 7.01. The number of nitrogens with zero attached hydrogens (tertiary/aromatic N) is 1. The molecule has 0 N–H and O–H groups in total. The first-order valence-electron chi connectivity index (χ1n) is 12.4. The minimum atomic E-state index is -4.39. The summed E-state index contributed by atoms with van der Waals surface area (Å²) in [5.41, 5.74) is 0.872. The van der Waals surface area contributed by atoms with Crippen LogP contribution >= 0.6 is 11.3 Å². The van der Waals surface area contributed by atoms with Crippen LogP contribution in [0.25, 0.3) is 10.6 Å². The fraction of sp³-hybridized carbons (Fsp3) is 0.414. The number of Topliss-reactive ketones (excluding diaryl/α,β-unsaturated/α-hetero) is 1. The molecular formula is C29H32F3NO4S. The van der Waals surface area contributed by atoms with Crippen molar-refractivity contribution < 1.29 is 32.2 Å². The first-order chi connectivity index (χ1) is 17.7. The van der Waals surface area contributed by atoms with Gasteiger partial charge in [-0.3, -0.25) is 4.79 Å². The molecule has 1 heterocycles. The van der Waals surface area contributed by atoms with E-state index in [9.17, 15) is 22.8 Å². The lowest BCUT2D eigenvalue weighted by Gasteiger charge is -2.24. The highest BCUT2D eigenvalue weighted by molar-refractivity contribution is 7.15. The van der Waals surface area contributed by atoms with Crippen LogP contribution in [0.1, 0.15) is 79.0 Å². The number of carbonyl (C=O) groups is 2. The van der Waals surface area contributed by atoms with Gasteiger partial charge in [0.1, 0.15) is 10.8 Å². The number of hydrogen-bond acceptors (Lipinski definition) is 6. The van der Waals surface area contributed by atoms with Crippen molar-refractivity contribution >= 4 is 23.1 Å². The topological polar surface area (TPSA) is 65.5 Å². The summed E-state index contributed by atoms with van der Waals surface area (Å²) >= 11 is 1.40. The van der Waals surface area contributed by atoms with Gasteiger partial charge in [-0.1, -0.05) is 26.0 Å². The van der Waals surface area contributed by atoms with Gasteiger partial charge < -0.3 is 9.47 Å². The first-order valence-corrected chi connectivity index (χ1v) is 13.2. The number of ketones is 1. The molecule has 0 unspecified atom stereocenters. The van der Waals surface area contributed by atoms with Crippen molar-refractivity contribution in [3.8, 4) is 16.3 Å². The zero-order valence-electron chi connectivity index (χ0n) is 22.4. The van der Waals surface area contributed by atoms with Crippen LogP contribution in [-0.2, 0) is 22.1 Å². The van der Waals surface area contributed by atoms with Crippen molar-refractivity contribution in [2.45, 2.75) is 72.1 Å². The second kappa shape index (κ2) is 11.7. The van der Waals surface area contributed by atoms with Crippen LogP contribution in [0, 0.1) is 6.92 Å². The molecule has 0 fully saturated rings. The number of ether oxygens (including phenoxy) is 2. The largest absolute Gasteiger partial charge is 0.476 e. The monoisotopic (exact) mass is 547 g/mol. The Hall–Kier alpha value is -3.20. The summed E-state index contributed by atoms with van der Waals surface area (Å²) in [4.78, 5) is 30.8. The van der Waals surface area contributed by atoms with E-state index in [1.165, 1.54) is 23.5 Å². The number of carbonyl (C=O) groups excluding carboxylic acids is 2. The Morgan fingerprint density at radius 1 is 1.05 bits per heavy atom. The van der Waals surface area contributed by atoms with Crippen molar-refractivity contribution in [1.29, 1.82) is 0 Å². The maximum Gasteiger partial charge on any atom is 0.416 e. The molecule has 0 saturated heterocycles. The van der Waals surface area contributed by atoms with E-state index >= 15 is 0 Å². The van der Waals surface area contributed by atoms with Crippen molar-refractivity contribution in [3.05, 3.63) is 69.7 Å². The van der Waals surface area contributed by atoms with Crippen LogP contribution in [-0.4, -0.2) is 28.9 Å². The molecule has 0 atom stereocenters. The Labute approximate surface area is 225 Å². The van der Waals surface area contributed by atoms with Crippen LogP contribution in [0.4, 0.5) is 13.2 Å². The number of halogens is 3. The molecule has 5 nitrogen and oxygen atoms in total. The summed E-state index contributed by atoms with van der Waals surface area (Å²) in [6.07, 6.45) is -3.67. The highest BCUT2D eigenvalue weighted by atomic mass is 32.1. The number of thiazole rings is 1. The van der Waals surface area contributed by atoms with Crippen LogP contribution in [0.3, 0.4) is 0 Å². The Bertz CT molecular complexity index is 1290. The van der Waals surface area contributed by atoms with Gasteiger partial charge in [0.25, 0.3) is 0 Å². The molecule has 0 amide bonds. The molecule has 0 bridgehead atoms. The molecule has 0 aliphatic heterocycles. The zero-order chi connectivity index (χ0) is 28.3. The van der Waals surface area contributed by atoms with Crippen LogP contribution in [0.5, 0.6) is 5.75 Å². The maximum atomic E-state index is 13.1. The Morgan fingerprint density at radius 3 is 2.26 bits per heavy atom. The third-order valence-corrected chi connectivity index (χ3v) is 7.13. The average Bonchev–Trinajstić information content (AvgIpc) is 3.27. The van der Waals surface area contributed by atoms with E-state index in [0.717, 1.165) is 28.3 Å². The third-order valence-electron chi connectivity index (χ3n) is 5.95. The number of esters is 1. The van der Waals surface area contributed by atoms with Gasteiger partial charge in [0.2, 0.25) is 0 Å². The summed E-state index contributed by atoms with van der Waals surface area (Å²) in [5.74, 6) is 0.0418. The minimum Gasteiger partial charge on any atom is -0.476 e. The van der Waals surface area contributed by atoms with Crippen molar-refractivity contribution in [3.63, 3.8) is 0 Å². The number of benzene rings is 2. The number of aromatic nitrogens is 1. The molecule has 204 valence electrons. The molecule has 9 heteroatoms. The summed E-state index contributed by atoms with van der Waals surface area (Å²) in [6.45, 7) is 11.0. The number of rotatable bonds is 10. The molecule has 3 aromatic rings. The fourth-order valence-electron chi connectivity index (χ4n) is 3.93. The van der Waals surface area contributed by atoms with Gasteiger partial charge in [0.05, 0.1) is 17.9 Å². The van der Waals surface area contributed by atoms with Crippen molar-refractivity contribution in [2.24, 2.45) is 0 Å². The zero-order valence-corrected chi connectivity index (χ0v) is 23.2. The molecule has 0 aliphatic carbocycles. The number of aryl methyl sites for hydroxylation is 2. The summed E-state index contributed by atoms with van der Waals surface area (Å²) < 4.78 is 49.6. The van der Waals surface area contributed by atoms with Gasteiger partial charge >= 0.3 is 12.1 Å². The summed E-state index contributed by atoms with van der Waals surface area (Å²) in [5, 5.41) is 0.631. The average molecular weight is 548 g/mol. The normalized spacial score (nSPS) is 12.1. The SMILES string of the molecule is CCOC(=O)C(C)(C)Oc1ccc(C(=O)CCc2sc(-c3ccc(C(F)(F)F)cc3)nc2C(C)C)c(C)c1. The second-order valence-corrected chi connectivity index (χ2v) is 10.9. The Kier molecular flexibility index (Phi) is 9.02. The lowest BCUT2D eigenvalue weighted by Crippen LogP contribution is -2.39. The lowest BCUT2D eigenvalue weighted by atomic mass is 9.99. The Morgan fingerprint density at radius 2 is 1.71 bits per heavy atom. The fourth-order valence-corrected chi connectivity index (χ4v) is 5.16. The van der Waals surface area contributed by atoms with Crippen LogP contribution < -0.4 is 4.74 Å². The van der Waals surface area contributed by atoms with Crippen LogP contribution in [0.15, 0.2) is 42.5 Å². The van der Waals surface area contributed by atoms with E-state index in [0.29, 0.717) is 28.3 Å².